The number of phosphoric ester groups is 1. The van der Waals surface area contributed by atoms with E-state index in [-0.39, 0.29) is 30.7 Å². The standard InChI is InChI=1S/C17H19ClN5O6P.2H3N/c1-19-14-13-15(22-17(18)21-14)23(10-20-13)7-11(9-29-30(25,26)27)8-28-16(24)12-5-3-2-4-6-12;;/h2-6,10-11H,7-9H2,1H3,(H,19,21,22)(H2,25,26,27);2*1H3. The van der Waals surface area contributed by atoms with E-state index in [1.165, 1.54) is 6.33 Å². The molecule has 0 bridgehead atoms. The van der Waals surface area contributed by atoms with E-state index in [2.05, 4.69) is 24.8 Å². The summed E-state index contributed by atoms with van der Waals surface area (Å²) in [6.45, 7) is -0.593. The van der Waals surface area contributed by atoms with Crippen LogP contribution in [0.4, 0.5) is 5.82 Å². The molecule has 15 heteroatoms. The minimum Gasteiger partial charge on any atom is -0.790 e. The first-order valence-electron chi connectivity index (χ1n) is 8.71. The molecule has 9 N–H and O–H groups in total. The number of nitrogens with one attached hydrogen (secondary N) is 1. The van der Waals surface area contributed by atoms with E-state index in [0.29, 0.717) is 22.5 Å². The number of halogens is 1. The van der Waals surface area contributed by atoms with Gasteiger partial charge in [0.25, 0.3) is 0 Å². The Bertz CT molecular complexity index is 1080. The topological polar surface area (TPSA) is 227 Å². The highest BCUT2D eigenvalue weighted by Gasteiger charge is 2.19. The SMILES string of the molecule is CNc1nc(Cl)nc2c1ncn2CC(COC(=O)c1ccccc1)COP(=O)([O-])[O-].[NH4+].[NH4+]. The van der Waals surface area contributed by atoms with Crippen molar-refractivity contribution in [3.05, 3.63) is 47.5 Å². The first kappa shape index (κ1) is 27.4. The van der Waals surface area contributed by atoms with Gasteiger partial charge < -0.3 is 45.8 Å². The van der Waals surface area contributed by atoms with Crippen LogP contribution in [-0.2, 0) is 20.4 Å². The van der Waals surface area contributed by atoms with Crippen molar-refractivity contribution in [2.45, 2.75) is 6.54 Å². The van der Waals surface area contributed by atoms with E-state index >= 15 is 0 Å². The number of nitrogens with zero attached hydrogens (tertiary/aromatic N) is 4. The molecule has 0 spiro atoms. The highest BCUT2D eigenvalue weighted by molar-refractivity contribution is 7.43. The van der Waals surface area contributed by atoms with E-state index < -0.39 is 26.3 Å². The summed E-state index contributed by atoms with van der Waals surface area (Å²) in [4.78, 5) is 46.4. The summed E-state index contributed by atoms with van der Waals surface area (Å²) in [6, 6.07) is 8.28. The number of aromatic nitrogens is 4. The van der Waals surface area contributed by atoms with Gasteiger partial charge in [-0.15, -0.1) is 0 Å². The van der Waals surface area contributed by atoms with Gasteiger partial charge in [0.1, 0.15) is 0 Å². The first-order chi connectivity index (χ1) is 14.3. The number of fused-ring (bicyclic) bond motifs is 1. The number of hydrogen-bond acceptors (Lipinski definition) is 10. The summed E-state index contributed by atoms with van der Waals surface area (Å²) < 4.78 is 22.2. The van der Waals surface area contributed by atoms with Crippen LogP contribution in [0, 0.1) is 5.92 Å². The molecule has 0 aliphatic heterocycles. The van der Waals surface area contributed by atoms with Crippen molar-refractivity contribution in [3.63, 3.8) is 0 Å². The molecule has 3 aromatic rings. The molecule has 0 amide bonds. The van der Waals surface area contributed by atoms with Crippen molar-refractivity contribution in [2.75, 3.05) is 25.6 Å². The van der Waals surface area contributed by atoms with Crippen molar-refractivity contribution >= 4 is 42.4 Å². The minimum atomic E-state index is -5.21. The summed E-state index contributed by atoms with van der Waals surface area (Å²) in [5.74, 6) is -0.861. The Balaban J connectivity index is 0.00000256. The monoisotopic (exact) mass is 489 g/mol. The third-order valence-corrected chi connectivity index (χ3v) is 4.69. The van der Waals surface area contributed by atoms with Crippen LogP contribution in [0.2, 0.25) is 5.28 Å². The van der Waals surface area contributed by atoms with Crippen LogP contribution in [0.1, 0.15) is 10.4 Å². The molecule has 0 saturated carbocycles. The van der Waals surface area contributed by atoms with Crippen molar-refractivity contribution in [1.29, 1.82) is 0 Å². The minimum absolute atomic E-state index is 0. The molecule has 0 aliphatic carbocycles. The lowest BCUT2D eigenvalue weighted by Crippen LogP contribution is -2.26. The molecular weight excluding hydrogens is 465 g/mol. The predicted molar refractivity (Wildman–Crippen MR) is 116 cm³/mol. The van der Waals surface area contributed by atoms with E-state index in [0.717, 1.165) is 0 Å². The Morgan fingerprint density at radius 3 is 2.53 bits per heavy atom. The second-order valence-corrected chi connectivity index (χ2v) is 7.72. The van der Waals surface area contributed by atoms with E-state index in [1.54, 1.807) is 41.9 Å². The molecule has 1 atom stereocenters. The zero-order valence-corrected chi connectivity index (χ0v) is 19.4. The van der Waals surface area contributed by atoms with Crippen LogP contribution in [0.3, 0.4) is 0 Å². The maximum Gasteiger partial charge on any atom is 0.338 e. The lowest BCUT2D eigenvalue weighted by atomic mass is 10.1. The van der Waals surface area contributed by atoms with Gasteiger partial charge in [-0.1, -0.05) is 18.2 Å². The predicted octanol–water partition coefficient (Wildman–Crippen LogP) is 1.59. The van der Waals surface area contributed by atoms with Gasteiger partial charge in [-0.3, -0.25) is 0 Å². The van der Waals surface area contributed by atoms with E-state index in [1.807, 2.05) is 0 Å². The molecule has 0 radical (unpaired) electrons. The Kier molecular flexibility index (Phi) is 10.1. The Hall–Kier alpha value is -2.64. The largest absolute Gasteiger partial charge is 0.790 e. The summed E-state index contributed by atoms with van der Waals surface area (Å²) >= 11 is 5.94. The number of carbonyl (C=O) groups excluding carboxylic acids is 1. The van der Waals surface area contributed by atoms with Gasteiger partial charge in [-0.25, -0.2) is 9.78 Å². The van der Waals surface area contributed by atoms with Crippen molar-refractivity contribution < 1.29 is 28.4 Å². The molecule has 0 aliphatic rings. The smallest absolute Gasteiger partial charge is 0.338 e. The highest BCUT2D eigenvalue weighted by atomic mass is 35.5. The fourth-order valence-electron chi connectivity index (χ4n) is 2.71. The van der Waals surface area contributed by atoms with Crippen LogP contribution >= 0.6 is 19.4 Å². The maximum absolute atomic E-state index is 12.2. The van der Waals surface area contributed by atoms with Gasteiger partial charge >= 0.3 is 5.97 Å². The van der Waals surface area contributed by atoms with Gasteiger partial charge in [0.2, 0.25) is 5.28 Å². The maximum atomic E-state index is 12.2. The summed E-state index contributed by atoms with van der Waals surface area (Å²) in [7, 11) is -3.56. The lowest BCUT2D eigenvalue weighted by molar-refractivity contribution is -0.342. The average molecular weight is 490 g/mol. The van der Waals surface area contributed by atoms with Crippen LogP contribution < -0.4 is 27.4 Å². The third kappa shape index (κ3) is 7.21. The van der Waals surface area contributed by atoms with Crippen LogP contribution in [0.5, 0.6) is 0 Å². The number of quaternary nitrogens is 2. The van der Waals surface area contributed by atoms with Gasteiger partial charge in [-0.05, 0) is 23.7 Å². The number of phosphoric acid groups is 1. The van der Waals surface area contributed by atoms with Gasteiger partial charge in [0, 0.05) is 19.5 Å². The third-order valence-electron chi connectivity index (χ3n) is 4.06. The fraction of sp³-hybridized carbons (Fsp3) is 0.294. The molecule has 3 rings (SSSR count). The summed E-state index contributed by atoms with van der Waals surface area (Å²) in [5.41, 5.74) is 1.16. The fourth-order valence-corrected chi connectivity index (χ4v) is 3.26. The zero-order chi connectivity index (χ0) is 21.7. The highest BCUT2D eigenvalue weighted by Crippen LogP contribution is 2.27. The van der Waals surface area contributed by atoms with Crippen LogP contribution in [0.15, 0.2) is 36.7 Å². The van der Waals surface area contributed by atoms with Gasteiger partial charge in [-0.2, -0.15) is 9.97 Å². The van der Waals surface area contributed by atoms with Crippen molar-refractivity contribution in [2.24, 2.45) is 5.92 Å². The second-order valence-electron chi connectivity index (χ2n) is 6.23. The van der Waals surface area contributed by atoms with Gasteiger partial charge in [0.15, 0.2) is 17.0 Å². The summed E-state index contributed by atoms with van der Waals surface area (Å²) in [6.07, 6.45) is 1.45. The van der Waals surface area contributed by atoms with Crippen molar-refractivity contribution in [1.82, 2.24) is 31.8 Å². The molecule has 0 saturated heterocycles. The molecule has 2 aromatic heterocycles. The number of carbonyl (C=O) groups is 1. The van der Waals surface area contributed by atoms with E-state index in [9.17, 15) is 19.1 Å². The Morgan fingerprint density at radius 1 is 1.22 bits per heavy atom. The van der Waals surface area contributed by atoms with Crippen LogP contribution in [-0.4, -0.2) is 45.7 Å². The molecule has 32 heavy (non-hydrogen) atoms. The molecule has 1 unspecified atom stereocenters. The summed E-state index contributed by atoms with van der Waals surface area (Å²) in [5, 5.41) is 2.84. The molecule has 13 nitrogen and oxygen atoms in total. The number of imidazole rings is 1. The Labute approximate surface area is 188 Å². The quantitative estimate of drug-likeness (QED) is 0.223. The number of ether oxygens (including phenoxy) is 1. The average Bonchev–Trinajstić information content (AvgIpc) is 3.11. The first-order valence-corrected chi connectivity index (χ1v) is 10.6. The molecule has 0 fully saturated rings. The Morgan fingerprint density at radius 2 is 1.91 bits per heavy atom. The molecule has 176 valence electrons. The van der Waals surface area contributed by atoms with Gasteiger partial charge in [0.05, 0.1) is 32.9 Å². The lowest BCUT2D eigenvalue weighted by Gasteiger charge is -2.30. The molecule has 1 aromatic carbocycles. The molecule has 2 heterocycles. The van der Waals surface area contributed by atoms with E-state index in [4.69, 9.17) is 16.3 Å². The number of rotatable bonds is 9. The van der Waals surface area contributed by atoms with Crippen LogP contribution in [0.25, 0.3) is 11.2 Å². The number of benzene rings is 1. The van der Waals surface area contributed by atoms with Crippen molar-refractivity contribution in [3.8, 4) is 0 Å². The number of esters is 1. The molecular formula is C17H25ClN7O6P. The zero-order valence-electron chi connectivity index (χ0n) is 17.7. The number of anilines is 1. The second kappa shape index (κ2) is 11.8. The normalized spacial score (nSPS) is 11.9. The number of hydrogen-bond donors (Lipinski definition) is 3.